The molecule has 0 heterocycles. The molecule has 0 radical (unpaired) electrons. The Balaban J connectivity index is 2.03. The highest BCUT2D eigenvalue weighted by atomic mass is 32.2. The standard InChI is InChI=1S/C24H30N2O4S/c1-5-16-26(17-6-2)31(28,29)23-13-9-21(10-14-23)25-24(27)20-7-11-22(12-8-20)30-18-15-19(3)4/h5-14,19H,1-2,15-18H2,3-4H3,(H,25,27). The van der Waals surface area contributed by atoms with E-state index in [1.54, 1.807) is 36.4 Å². The average molecular weight is 443 g/mol. The Morgan fingerprint density at radius 1 is 1.03 bits per heavy atom. The molecule has 1 N–H and O–H groups in total. The van der Waals surface area contributed by atoms with Crippen LogP contribution in [-0.2, 0) is 10.0 Å². The van der Waals surface area contributed by atoms with Gasteiger partial charge in [-0.05, 0) is 60.9 Å². The third kappa shape index (κ3) is 7.08. The molecule has 0 bridgehead atoms. The lowest BCUT2D eigenvalue weighted by Gasteiger charge is -2.19. The van der Waals surface area contributed by atoms with E-state index in [1.807, 2.05) is 0 Å². The first kappa shape index (κ1) is 24.4. The van der Waals surface area contributed by atoms with Crippen LogP contribution in [0.3, 0.4) is 0 Å². The van der Waals surface area contributed by atoms with Gasteiger partial charge in [-0.1, -0.05) is 26.0 Å². The molecule has 0 aliphatic rings. The van der Waals surface area contributed by atoms with Crippen LogP contribution in [0.4, 0.5) is 5.69 Å². The van der Waals surface area contributed by atoms with Gasteiger partial charge in [0.05, 0.1) is 11.5 Å². The van der Waals surface area contributed by atoms with Gasteiger partial charge < -0.3 is 10.1 Å². The third-order valence-corrected chi connectivity index (χ3v) is 6.34. The molecule has 0 aliphatic heterocycles. The first-order valence-corrected chi connectivity index (χ1v) is 11.6. The van der Waals surface area contributed by atoms with Gasteiger partial charge >= 0.3 is 0 Å². The molecule has 0 aliphatic carbocycles. The van der Waals surface area contributed by atoms with E-state index in [9.17, 15) is 13.2 Å². The molecular formula is C24H30N2O4S. The molecule has 2 aromatic carbocycles. The summed E-state index contributed by atoms with van der Waals surface area (Å²) < 4.78 is 32.4. The van der Waals surface area contributed by atoms with Crippen LogP contribution < -0.4 is 10.1 Å². The number of carbonyl (C=O) groups is 1. The summed E-state index contributed by atoms with van der Waals surface area (Å²) in [5, 5.41) is 2.77. The van der Waals surface area contributed by atoms with Crippen LogP contribution >= 0.6 is 0 Å². The summed E-state index contributed by atoms with van der Waals surface area (Å²) in [5.41, 5.74) is 0.983. The fourth-order valence-electron chi connectivity index (χ4n) is 2.74. The average Bonchev–Trinajstić information content (AvgIpc) is 2.74. The molecule has 6 nitrogen and oxygen atoms in total. The maximum absolute atomic E-state index is 12.7. The van der Waals surface area contributed by atoms with Crippen molar-refractivity contribution in [3.05, 3.63) is 79.4 Å². The van der Waals surface area contributed by atoms with Crippen molar-refractivity contribution in [3.63, 3.8) is 0 Å². The summed E-state index contributed by atoms with van der Waals surface area (Å²) in [6.45, 7) is 12.5. The number of carbonyl (C=O) groups excluding carboxylic acids is 1. The van der Waals surface area contributed by atoms with Gasteiger partial charge in [0.15, 0.2) is 0 Å². The number of hydrogen-bond donors (Lipinski definition) is 1. The smallest absolute Gasteiger partial charge is 0.255 e. The van der Waals surface area contributed by atoms with Crippen molar-refractivity contribution in [3.8, 4) is 5.75 Å². The second kappa shape index (κ2) is 11.5. The molecule has 0 saturated carbocycles. The van der Waals surface area contributed by atoms with Crippen molar-refractivity contribution in [1.82, 2.24) is 4.31 Å². The van der Waals surface area contributed by atoms with Crippen LogP contribution in [-0.4, -0.2) is 38.3 Å². The molecule has 31 heavy (non-hydrogen) atoms. The summed E-state index contributed by atoms with van der Waals surface area (Å²) in [6, 6.07) is 13.0. The zero-order valence-corrected chi connectivity index (χ0v) is 18.9. The highest BCUT2D eigenvalue weighted by Gasteiger charge is 2.22. The normalized spacial score (nSPS) is 11.4. The second-order valence-corrected chi connectivity index (χ2v) is 9.37. The third-order valence-electron chi connectivity index (χ3n) is 4.50. The zero-order chi connectivity index (χ0) is 22.9. The fraction of sp³-hybridized carbons (Fsp3) is 0.292. The van der Waals surface area contributed by atoms with Crippen LogP contribution in [0.25, 0.3) is 0 Å². The molecule has 1 amide bonds. The molecule has 0 aromatic heterocycles. The van der Waals surface area contributed by atoms with Crippen molar-refractivity contribution in [2.24, 2.45) is 5.92 Å². The minimum absolute atomic E-state index is 0.136. The van der Waals surface area contributed by atoms with E-state index in [-0.39, 0.29) is 23.9 Å². The van der Waals surface area contributed by atoms with E-state index in [0.717, 1.165) is 12.2 Å². The minimum Gasteiger partial charge on any atom is -0.494 e. The van der Waals surface area contributed by atoms with Gasteiger partial charge in [0.1, 0.15) is 5.75 Å². The molecule has 7 heteroatoms. The zero-order valence-electron chi connectivity index (χ0n) is 18.1. The molecule has 0 saturated heterocycles. The van der Waals surface area contributed by atoms with Crippen LogP contribution in [0, 0.1) is 5.92 Å². The van der Waals surface area contributed by atoms with Crippen LogP contribution in [0.5, 0.6) is 5.75 Å². The molecule has 2 aromatic rings. The van der Waals surface area contributed by atoms with E-state index < -0.39 is 10.0 Å². The number of nitrogens with zero attached hydrogens (tertiary/aromatic N) is 1. The van der Waals surface area contributed by atoms with Crippen molar-refractivity contribution in [2.75, 3.05) is 25.0 Å². The van der Waals surface area contributed by atoms with Crippen LogP contribution in [0.15, 0.2) is 78.7 Å². The Labute approximate surface area is 185 Å². The topological polar surface area (TPSA) is 75.7 Å². The lowest BCUT2D eigenvalue weighted by molar-refractivity contribution is 0.102. The summed E-state index contributed by atoms with van der Waals surface area (Å²) in [7, 11) is -3.68. The lowest BCUT2D eigenvalue weighted by Crippen LogP contribution is -2.31. The Kier molecular flexibility index (Phi) is 9.03. The van der Waals surface area contributed by atoms with E-state index in [1.165, 1.54) is 28.6 Å². The Morgan fingerprint density at radius 2 is 1.61 bits per heavy atom. The van der Waals surface area contributed by atoms with Gasteiger partial charge in [0.25, 0.3) is 5.91 Å². The molecule has 0 spiro atoms. The molecular weight excluding hydrogens is 412 g/mol. The van der Waals surface area contributed by atoms with E-state index >= 15 is 0 Å². The van der Waals surface area contributed by atoms with Crippen molar-refractivity contribution >= 4 is 21.6 Å². The number of rotatable bonds is 12. The summed E-state index contributed by atoms with van der Waals surface area (Å²) in [6.07, 6.45) is 4.01. The maximum atomic E-state index is 12.7. The molecule has 0 atom stereocenters. The quantitative estimate of drug-likeness (QED) is 0.482. The number of sulfonamides is 1. The number of nitrogens with one attached hydrogen (secondary N) is 1. The molecule has 0 fully saturated rings. The van der Waals surface area contributed by atoms with Gasteiger partial charge in [-0.2, -0.15) is 4.31 Å². The number of amides is 1. The molecule has 166 valence electrons. The molecule has 2 rings (SSSR count). The van der Waals surface area contributed by atoms with Crippen molar-refractivity contribution in [2.45, 2.75) is 25.2 Å². The van der Waals surface area contributed by atoms with Gasteiger partial charge in [0, 0.05) is 24.3 Å². The maximum Gasteiger partial charge on any atom is 0.255 e. The Bertz CT molecular complexity index is 971. The Hall–Kier alpha value is -2.90. The van der Waals surface area contributed by atoms with E-state index in [0.29, 0.717) is 23.8 Å². The van der Waals surface area contributed by atoms with Gasteiger partial charge in [-0.25, -0.2) is 8.42 Å². The first-order chi connectivity index (χ1) is 14.8. The second-order valence-electron chi connectivity index (χ2n) is 7.43. The van der Waals surface area contributed by atoms with Crippen LogP contribution in [0.1, 0.15) is 30.6 Å². The van der Waals surface area contributed by atoms with Crippen molar-refractivity contribution in [1.29, 1.82) is 0 Å². The minimum atomic E-state index is -3.68. The lowest BCUT2D eigenvalue weighted by atomic mass is 10.1. The highest BCUT2D eigenvalue weighted by Crippen LogP contribution is 2.20. The molecule has 0 unspecified atom stereocenters. The number of anilines is 1. The monoisotopic (exact) mass is 442 g/mol. The predicted octanol–water partition coefficient (Wildman–Crippen LogP) is 4.73. The number of benzene rings is 2. The predicted molar refractivity (Wildman–Crippen MR) is 125 cm³/mol. The van der Waals surface area contributed by atoms with E-state index in [2.05, 4.69) is 32.3 Å². The summed E-state index contributed by atoms with van der Waals surface area (Å²) >= 11 is 0. The summed E-state index contributed by atoms with van der Waals surface area (Å²) in [5.74, 6) is 0.998. The van der Waals surface area contributed by atoms with Crippen LogP contribution in [0.2, 0.25) is 0 Å². The number of ether oxygens (including phenoxy) is 1. The fourth-order valence-corrected chi connectivity index (χ4v) is 4.12. The largest absolute Gasteiger partial charge is 0.494 e. The summed E-state index contributed by atoms with van der Waals surface area (Å²) in [4.78, 5) is 12.6. The Morgan fingerprint density at radius 3 is 2.13 bits per heavy atom. The van der Waals surface area contributed by atoms with Gasteiger partial charge in [-0.3, -0.25) is 4.79 Å². The van der Waals surface area contributed by atoms with E-state index in [4.69, 9.17) is 4.74 Å². The first-order valence-electron chi connectivity index (χ1n) is 10.1. The van der Waals surface area contributed by atoms with Gasteiger partial charge in [-0.15, -0.1) is 13.2 Å². The SMILES string of the molecule is C=CCN(CC=C)S(=O)(=O)c1ccc(NC(=O)c2ccc(OCCC(C)C)cc2)cc1. The number of hydrogen-bond acceptors (Lipinski definition) is 4. The van der Waals surface area contributed by atoms with Crippen molar-refractivity contribution < 1.29 is 17.9 Å². The highest BCUT2D eigenvalue weighted by molar-refractivity contribution is 7.89. The van der Waals surface area contributed by atoms with Gasteiger partial charge in [0.2, 0.25) is 10.0 Å².